The average Bonchev–Trinajstić information content (AvgIpc) is 3.44. The van der Waals surface area contributed by atoms with Crippen molar-refractivity contribution in [1.29, 1.82) is 0 Å². The van der Waals surface area contributed by atoms with Gasteiger partial charge in [-0.1, -0.05) is 23.4 Å². The van der Waals surface area contributed by atoms with Crippen molar-refractivity contribution in [3.05, 3.63) is 40.9 Å². The number of halogens is 1. The number of aromatic nitrogens is 4. The number of hydrogen-bond acceptors (Lipinski definition) is 7. The van der Waals surface area contributed by atoms with Crippen LogP contribution >= 0.6 is 34.7 Å². The van der Waals surface area contributed by atoms with Crippen molar-refractivity contribution in [2.75, 3.05) is 17.7 Å². The van der Waals surface area contributed by atoms with Crippen LogP contribution in [0, 0.1) is 0 Å². The van der Waals surface area contributed by atoms with Gasteiger partial charge in [-0.25, -0.2) is 4.98 Å². The van der Waals surface area contributed by atoms with Crippen molar-refractivity contribution in [1.82, 2.24) is 19.7 Å². The Morgan fingerprint density at radius 2 is 2.21 bits per heavy atom. The number of thiazole rings is 1. The molecule has 1 saturated heterocycles. The van der Waals surface area contributed by atoms with Crippen LogP contribution in [0.4, 0.5) is 5.13 Å². The highest BCUT2D eigenvalue weighted by Crippen LogP contribution is 2.27. The van der Waals surface area contributed by atoms with E-state index < -0.39 is 0 Å². The molecule has 7 nitrogen and oxygen atoms in total. The maximum Gasteiger partial charge on any atom is 0.236 e. The number of hydrogen-bond donors (Lipinski definition) is 1. The second-order valence-corrected chi connectivity index (χ2v) is 8.51. The fourth-order valence-electron chi connectivity index (χ4n) is 2.94. The summed E-state index contributed by atoms with van der Waals surface area (Å²) in [5.41, 5.74) is 0.925. The van der Waals surface area contributed by atoms with Gasteiger partial charge in [-0.05, 0) is 37.1 Å². The fourth-order valence-corrected chi connectivity index (χ4v) is 4.35. The lowest BCUT2D eigenvalue weighted by atomic mass is 10.2. The van der Waals surface area contributed by atoms with Crippen molar-refractivity contribution in [2.45, 2.75) is 30.6 Å². The van der Waals surface area contributed by atoms with Gasteiger partial charge in [0.1, 0.15) is 0 Å². The van der Waals surface area contributed by atoms with E-state index in [1.807, 2.05) is 34.2 Å². The molecule has 3 heterocycles. The minimum atomic E-state index is -0.125. The molecule has 2 aromatic heterocycles. The third-order valence-corrected chi connectivity index (χ3v) is 6.15. The van der Waals surface area contributed by atoms with Gasteiger partial charge in [0, 0.05) is 28.8 Å². The van der Waals surface area contributed by atoms with E-state index in [0.717, 1.165) is 30.8 Å². The monoisotopic (exact) mass is 435 g/mol. The maximum absolute atomic E-state index is 12.2. The highest BCUT2D eigenvalue weighted by Gasteiger charge is 2.22. The van der Waals surface area contributed by atoms with E-state index in [1.165, 1.54) is 23.1 Å². The Labute approximate surface area is 175 Å². The Bertz CT molecular complexity index is 924. The van der Waals surface area contributed by atoms with Gasteiger partial charge in [0.2, 0.25) is 5.91 Å². The first-order chi connectivity index (χ1) is 13.7. The summed E-state index contributed by atoms with van der Waals surface area (Å²) in [6, 6.07) is 7.50. The largest absolute Gasteiger partial charge is 0.376 e. The van der Waals surface area contributed by atoms with Crippen LogP contribution in [0.5, 0.6) is 0 Å². The van der Waals surface area contributed by atoms with Crippen LogP contribution in [-0.4, -0.2) is 44.1 Å². The summed E-state index contributed by atoms with van der Waals surface area (Å²) < 4.78 is 7.82. The molecule has 1 aliphatic heterocycles. The van der Waals surface area contributed by atoms with E-state index in [9.17, 15) is 4.79 Å². The van der Waals surface area contributed by atoms with Crippen molar-refractivity contribution in [3.8, 4) is 11.4 Å². The Morgan fingerprint density at radius 3 is 2.93 bits per heavy atom. The molecule has 0 aliphatic carbocycles. The molecule has 146 valence electrons. The zero-order valence-electron chi connectivity index (χ0n) is 14.9. The second kappa shape index (κ2) is 9.04. The van der Waals surface area contributed by atoms with Crippen LogP contribution in [0.15, 0.2) is 41.0 Å². The van der Waals surface area contributed by atoms with Crippen molar-refractivity contribution < 1.29 is 9.53 Å². The number of carbonyl (C=O) groups excluding carboxylic acids is 1. The summed E-state index contributed by atoms with van der Waals surface area (Å²) in [4.78, 5) is 16.3. The Balaban J connectivity index is 1.52. The molecule has 1 atom stereocenters. The van der Waals surface area contributed by atoms with E-state index in [-0.39, 0.29) is 17.8 Å². The summed E-state index contributed by atoms with van der Waals surface area (Å²) in [5.74, 6) is 0.846. The van der Waals surface area contributed by atoms with E-state index in [4.69, 9.17) is 16.3 Å². The molecular weight excluding hydrogens is 418 g/mol. The lowest BCUT2D eigenvalue weighted by molar-refractivity contribution is -0.113. The first-order valence-corrected chi connectivity index (χ1v) is 11.1. The average molecular weight is 436 g/mol. The summed E-state index contributed by atoms with van der Waals surface area (Å²) in [6.07, 6.45) is 3.85. The number of anilines is 1. The van der Waals surface area contributed by atoms with E-state index in [1.54, 1.807) is 6.20 Å². The molecule has 1 amide bonds. The van der Waals surface area contributed by atoms with E-state index in [0.29, 0.717) is 21.9 Å². The molecule has 1 N–H and O–H groups in total. The number of thioether (sulfide) groups is 1. The number of nitrogens with one attached hydrogen (secondary N) is 1. The molecule has 0 saturated carbocycles. The Hall–Kier alpha value is -1.94. The molecule has 4 rings (SSSR count). The Morgan fingerprint density at radius 1 is 1.36 bits per heavy atom. The van der Waals surface area contributed by atoms with Crippen LogP contribution in [0.1, 0.15) is 12.8 Å². The lowest BCUT2D eigenvalue weighted by Crippen LogP contribution is -2.18. The van der Waals surface area contributed by atoms with Gasteiger partial charge in [0.15, 0.2) is 16.1 Å². The van der Waals surface area contributed by atoms with Crippen LogP contribution in [0.2, 0.25) is 5.02 Å². The fraction of sp³-hybridized carbons (Fsp3) is 0.333. The highest BCUT2D eigenvalue weighted by molar-refractivity contribution is 7.99. The van der Waals surface area contributed by atoms with E-state index >= 15 is 0 Å². The molecule has 3 aromatic rings. The Kier molecular flexibility index (Phi) is 6.26. The number of amides is 1. The van der Waals surface area contributed by atoms with Gasteiger partial charge >= 0.3 is 0 Å². The first-order valence-electron chi connectivity index (χ1n) is 8.82. The first kappa shape index (κ1) is 19.4. The van der Waals surface area contributed by atoms with Crippen LogP contribution in [-0.2, 0) is 16.1 Å². The molecule has 0 spiro atoms. The van der Waals surface area contributed by atoms with Gasteiger partial charge in [0.05, 0.1) is 18.4 Å². The molecular formula is C18H18ClN5O2S2. The zero-order valence-corrected chi connectivity index (χ0v) is 17.3. The number of carbonyl (C=O) groups is 1. The van der Waals surface area contributed by atoms with Gasteiger partial charge < -0.3 is 10.1 Å². The maximum atomic E-state index is 12.2. The van der Waals surface area contributed by atoms with Gasteiger partial charge in [0.25, 0.3) is 0 Å². The van der Waals surface area contributed by atoms with Gasteiger partial charge in [-0.3, -0.25) is 9.36 Å². The number of benzene rings is 1. The third kappa shape index (κ3) is 4.72. The topological polar surface area (TPSA) is 81.9 Å². The van der Waals surface area contributed by atoms with Crippen molar-refractivity contribution in [3.63, 3.8) is 0 Å². The molecule has 0 bridgehead atoms. The predicted molar refractivity (Wildman–Crippen MR) is 111 cm³/mol. The van der Waals surface area contributed by atoms with E-state index in [2.05, 4.69) is 20.5 Å². The van der Waals surface area contributed by atoms with Gasteiger partial charge in [-0.15, -0.1) is 21.5 Å². The third-order valence-electron chi connectivity index (χ3n) is 4.24. The van der Waals surface area contributed by atoms with Crippen molar-refractivity contribution >= 4 is 45.7 Å². The smallest absolute Gasteiger partial charge is 0.236 e. The molecule has 1 aromatic carbocycles. The minimum absolute atomic E-state index is 0.125. The molecule has 1 unspecified atom stereocenters. The standard InChI is InChI=1S/C18H18ClN5O2S2/c19-13-5-3-12(4-6-13)16-22-23-18(24(16)10-14-2-1-8-26-14)28-11-15(25)21-17-20-7-9-27-17/h3-7,9,14H,1-2,8,10-11H2,(H,20,21,25). The highest BCUT2D eigenvalue weighted by atomic mass is 35.5. The van der Waals surface area contributed by atoms with Gasteiger partial charge in [-0.2, -0.15) is 0 Å². The SMILES string of the molecule is O=C(CSc1nnc(-c2ccc(Cl)cc2)n1CC1CCCO1)Nc1nccs1. The quantitative estimate of drug-likeness (QED) is 0.565. The second-order valence-electron chi connectivity index (χ2n) is 6.23. The zero-order chi connectivity index (χ0) is 19.3. The number of rotatable bonds is 7. The molecule has 1 fully saturated rings. The summed E-state index contributed by atoms with van der Waals surface area (Å²) >= 11 is 8.75. The molecule has 28 heavy (non-hydrogen) atoms. The minimum Gasteiger partial charge on any atom is -0.376 e. The van der Waals surface area contributed by atoms with Crippen molar-refractivity contribution in [2.24, 2.45) is 0 Å². The lowest BCUT2D eigenvalue weighted by Gasteiger charge is -2.14. The molecule has 0 radical (unpaired) electrons. The summed E-state index contributed by atoms with van der Waals surface area (Å²) in [5, 5.41) is 15.2. The summed E-state index contributed by atoms with van der Waals surface area (Å²) in [7, 11) is 0. The summed E-state index contributed by atoms with van der Waals surface area (Å²) in [6.45, 7) is 1.43. The normalized spacial score (nSPS) is 16.4. The number of nitrogens with zero attached hydrogens (tertiary/aromatic N) is 4. The van der Waals surface area contributed by atoms with Crippen LogP contribution in [0.3, 0.4) is 0 Å². The predicted octanol–water partition coefficient (Wildman–Crippen LogP) is 3.96. The number of ether oxygens (including phenoxy) is 1. The molecule has 10 heteroatoms. The molecule has 1 aliphatic rings. The van der Waals surface area contributed by atoms with Crippen LogP contribution in [0.25, 0.3) is 11.4 Å². The van der Waals surface area contributed by atoms with Crippen LogP contribution < -0.4 is 5.32 Å².